The average Bonchev–Trinajstić information content (AvgIpc) is 2.95. The zero-order chi connectivity index (χ0) is 30.6. The Labute approximate surface area is 253 Å². The van der Waals surface area contributed by atoms with Gasteiger partial charge in [0.1, 0.15) is 0 Å². The molecule has 0 bridgehead atoms. The van der Waals surface area contributed by atoms with Crippen LogP contribution in [0.3, 0.4) is 0 Å². The van der Waals surface area contributed by atoms with Gasteiger partial charge in [-0.2, -0.15) is 0 Å². The molecule has 0 heterocycles. The molecule has 41 heavy (non-hydrogen) atoms. The molecule has 0 aromatic rings. The molecule has 0 aliphatic heterocycles. The second-order valence-corrected chi connectivity index (χ2v) is 19.7. The van der Waals surface area contributed by atoms with Gasteiger partial charge >= 0.3 is 255 Å². The Morgan fingerprint density at radius 2 is 0.756 bits per heavy atom. The van der Waals surface area contributed by atoms with Crippen LogP contribution in [0.2, 0.25) is 8.87 Å². The van der Waals surface area contributed by atoms with E-state index in [-0.39, 0.29) is 0 Å². The Morgan fingerprint density at radius 3 is 1.12 bits per heavy atom. The Kier molecular flexibility index (Phi) is 25.8. The molecule has 0 aliphatic carbocycles. The van der Waals surface area contributed by atoms with Crippen LogP contribution in [0, 0.1) is 0 Å². The van der Waals surface area contributed by atoms with Crippen molar-refractivity contribution in [2.45, 2.75) is 139 Å². The van der Waals surface area contributed by atoms with Crippen LogP contribution in [-0.2, 0) is 34.8 Å². The van der Waals surface area contributed by atoms with E-state index in [0.717, 1.165) is 114 Å². The predicted octanol–water partition coefficient (Wildman–Crippen LogP) is 8.04. The first-order valence-corrected chi connectivity index (χ1v) is 22.3. The van der Waals surface area contributed by atoms with Crippen molar-refractivity contribution in [3.05, 3.63) is 24.3 Å². The fourth-order valence-corrected chi connectivity index (χ4v) is 13.1. The van der Waals surface area contributed by atoms with E-state index in [9.17, 15) is 19.2 Å². The number of esters is 2. The summed E-state index contributed by atoms with van der Waals surface area (Å²) in [6.07, 6.45) is 20.1. The molecule has 0 fully saturated rings. The summed E-state index contributed by atoms with van der Waals surface area (Å²) in [6.45, 7) is 8.90. The summed E-state index contributed by atoms with van der Waals surface area (Å²) in [5.74, 6) is -2.60. The number of hydrogen-bond acceptors (Lipinski definition) is 8. The Bertz CT molecular complexity index is 714. The van der Waals surface area contributed by atoms with Crippen molar-refractivity contribution < 1.29 is 34.8 Å². The molecule has 0 radical (unpaired) electrons. The maximum absolute atomic E-state index is 12.9. The topological polar surface area (TPSA) is 105 Å². The molecular weight excluding hydrogens is 631 g/mol. The Morgan fingerprint density at radius 1 is 0.439 bits per heavy atom. The van der Waals surface area contributed by atoms with Crippen molar-refractivity contribution in [1.82, 2.24) is 0 Å². The van der Waals surface area contributed by atoms with Crippen LogP contribution in [-0.4, -0.2) is 56.3 Å². The van der Waals surface area contributed by atoms with E-state index in [0.29, 0.717) is 22.1 Å². The van der Waals surface area contributed by atoms with Crippen molar-refractivity contribution in [3.63, 3.8) is 0 Å². The number of carbonyl (C=O) groups is 4. The third kappa shape index (κ3) is 23.4. The third-order valence-electron chi connectivity index (χ3n) is 6.59. The first kappa shape index (κ1) is 39.2. The van der Waals surface area contributed by atoms with Gasteiger partial charge in [-0.25, -0.2) is 0 Å². The first-order valence-electron chi connectivity index (χ1n) is 16.0. The monoisotopic (exact) mass is 688 g/mol. The quantitative estimate of drug-likeness (QED) is 0.0390. The summed E-state index contributed by atoms with van der Waals surface area (Å²) in [5.41, 5.74) is 0. The van der Waals surface area contributed by atoms with Crippen molar-refractivity contribution in [2.24, 2.45) is 0 Å². The van der Waals surface area contributed by atoms with E-state index in [4.69, 9.17) is 15.6 Å². The van der Waals surface area contributed by atoms with Crippen LogP contribution in [0.25, 0.3) is 0 Å². The van der Waals surface area contributed by atoms with Gasteiger partial charge in [-0.15, -0.1) is 0 Å². The van der Waals surface area contributed by atoms with Gasteiger partial charge in [-0.1, -0.05) is 0 Å². The summed E-state index contributed by atoms with van der Waals surface area (Å²) in [7, 11) is 0. The molecule has 0 aromatic carbocycles. The summed E-state index contributed by atoms with van der Waals surface area (Å²) in [5, 5.41) is 0. The molecule has 0 saturated heterocycles. The van der Waals surface area contributed by atoms with Crippen LogP contribution < -0.4 is 0 Å². The molecule has 0 atom stereocenters. The van der Waals surface area contributed by atoms with E-state index in [1.165, 1.54) is 12.8 Å². The number of ether oxygens (including phenoxy) is 2. The van der Waals surface area contributed by atoms with Crippen LogP contribution in [0.4, 0.5) is 0 Å². The molecule has 0 rings (SSSR count). The molecule has 9 heteroatoms. The van der Waals surface area contributed by atoms with Gasteiger partial charge in [0.05, 0.1) is 0 Å². The molecule has 0 aromatic heterocycles. The second-order valence-electron chi connectivity index (χ2n) is 10.5. The van der Waals surface area contributed by atoms with Gasteiger partial charge in [0.15, 0.2) is 0 Å². The molecule has 0 unspecified atom stereocenters. The first-order chi connectivity index (χ1) is 19.8. The van der Waals surface area contributed by atoms with E-state index < -0.39 is 43.1 Å². The number of rotatable bonds is 26. The fraction of sp³-hybridized carbons (Fsp3) is 0.750. The van der Waals surface area contributed by atoms with E-state index in [1.54, 1.807) is 0 Å². The van der Waals surface area contributed by atoms with Gasteiger partial charge < -0.3 is 0 Å². The van der Waals surface area contributed by atoms with E-state index in [1.807, 2.05) is 13.8 Å². The minimum absolute atomic E-state index is 0.290. The molecule has 0 spiro atoms. The van der Waals surface area contributed by atoms with Crippen molar-refractivity contribution in [1.29, 1.82) is 0 Å². The van der Waals surface area contributed by atoms with Crippen LogP contribution in [0.1, 0.15) is 130 Å². The molecule has 0 saturated carbocycles. The summed E-state index contributed by atoms with van der Waals surface area (Å²) in [4.78, 5) is 49.7. The SMILES string of the molecule is CCCCCCC[CH2][Sn]([CH2]CCCCCCC)([O]C(=O)C=CC(=O)OCCCC)[O]C(=O)C=CC(=O)OCCCC. The number of hydrogen-bond donors (Lipinski definition) is 0. The van der Waals surface area contributed by atoms with Gasteiger partial charge in [0.25, 0.3) is 0 Å². The molecule has 0 aliphatic rings. The van der Waals surface area contributed by atoms with Crippen LogP contribution >= 0.6 is 0 Å². The molecule has 0 N–H and O–H groups in total. The molecule has 8 nitrogen and oxygen atoms in total. The van der Waals surface area contributed by atoms with E-state index in [2.05, 4.69) is 13.8 Å². The summed E-state index contributed by atoms with van der Waals surface area (Å²) < 4.78 is 23.3. The average molecular weight is 688 g/mol. The van der Waals surface area contributed by atoms with Gasteiger partial charge in [-0.05, 0) is 0 Å². The van der Waals surface area contributed by atoms with Gasteiger partial charge in [-0.3, -0.25) is 0 Å². The molecular formula is C32H56O8Sn. The number of unbranched alkanes of at least 4 members (excludes halogenated alkanes) is 12. The zero-order valence-electron chi connectivity index (χ0n) is 26.2. The second kappa shape index (κ2) is 27.0. The standard InChI is InChI=1S/2C8H12O4.2C8H17.Sn/c2*1-2-3-6-12-8(11)5-4-7(9)10;2*1-3-5-7-8-6-4-2;/h2*4-5H,2-3,6H2,1H3,(H,9,10);2*1,3-8H2,2H3;/q;;;;+2/p-2. The number of carbonyl (C=O) groups excluding carboxylic acids is 4. The van der Waals surface area contributed by atoms with E-state index >= 15 is 0 Å². The van der Waals surface area contributed by atoms with Crippen LogP contribution in [0.5, 0.6) is 0 Å². The maximum atomic E-state index is 12.9. The Balaban J connectivity index is 5.63. The van der Waals surface area contributed by atoms with Crippen molar-refractivity contribution in [3.8, 4) is 0 Å². The van der Waals surface area contributed by atoms with Crippen LogP contribution in [0.15, 0.2) is 24.3 Å². The third-order valence-corrected chi connectivity index (χ3v) is 16.2. The summed E-state index contributed by atoms with van der Waals surface area (Å²) in [6, 6.07) is 0. The zero-order valence-corrected chi connectivity index (χ0v) is 29.1. The van der Waals surface area contributed by atoms with Crippen molar-refractivity contribution >= 4 is 43.1 Å². The van der Waals surface area contributed by atoms with Gasteiger partial charge in [0.2, 0.25) is 0 Å². The van der Waals surface area contributed by atoms with Gasteiger partial charge in [0, 0.05) is 0 Å². The fourth-order valence-electron chi connectivity index (χ4n) is 4.14. The van der Waals surface area contributed by atoms with Crippen molar-refractivity contribution in [2.75, 3.05) is 13.2 Å². The normalized spacial score (nSPS) is 11.6. The predicted molar refractivity (Wildman–Crippen MR) is 164 cm³/mol. The Hall–Kier alpha value is -1.84. The molecule has 0 amide bonds. The molecule has 236 valence electrons. The summed E-state index contributed by atoms with van der Waals surface area (Å²) >= 11 is -4.33. The minimum atomic E-state index is -4.33.